The lowest BCUT2D eigenvalue weighted by molar-refractivity contribution is 0.0599. The second-order valence-electron chi connectivity index (χ2n) is 5.99. The average Bonchev–Trinajstić information content (AvgIpc) is 2.98. The molecule has 0 unspecified atom stereocenters. The minimum Gasteiger partial charge on any atom is -0.494 e. The number of carbonyl (C=O) groups excluding carboxylic acids is 2. The smallest absolute Gasteiger partial charge is 0.339 e. The van der Waals surface area contributed by atoms with Crippen LogP contribution in [0.15, 0.2) is 30.3 Å². The first-order valence-corrected chi connectivity index (χ1v) is 8.84. The number of esters is 1. The van der Waals surface area contributed by atoms with E-state index in [0.29, 0.717) is 42.9 Å². The van der Waals surface area contributed by atoms with Gasteiger partial charge in [-0.3, -0.25) is 4.79 Å². The lowest BCUT2D eigenvalue weighted by atomic mass is 10.0. The molecule has 2 rings (SSSR count). The van der Waals surface area contributed by atoms with Crippen molar-refractivity contribution < 1.29 is 19.1 Å². The fraction of sp³-hybridized carbons (Fsp3) is 0.400. The number of hydrogen-bond donors (Lipinski definition) is 2. The highest BCUT2D eigenvalue weighted by Crippen LogP contribution is 2.21. The summed E-state index contributed by atoms with van der Waals surface area (Å²) in [5, 5.41) is 2.88. The van der Waals surface area contributed by atoms with Crippen LogP contribution < -0.4 is 10.1 Å². The molecule has 26 heavy (non-hydrogen) atoms. The summed E-state index contributed by atoms with van der Waals surface area (Å²) in [6.45, 7) is 4.79. The largest absolute Gasteiger partial charge is 0.494 e. The van der Waals surface area contributed by atoms with Crippen LogP contribution in [0.5, 0.6) is 5.75 Å². The third-order valence-corrected chi connectivity index (χ3v) is 4.03. The molecule has 2 N–H and O–H groups in total. The number of carbonyl (C=O) groups is 2. The maximum atomic E-state index is 12.5. The maximum Gasteiger partial charge on any atom is 0.339 e. The fourth-order valence-electron chi connectivity index (χ4n) is 2.82. The molecule has 0 spiro atoms. The molecule has 1 heterocycles. The number of nitrogens with one attached hydrogen (secondary N) is 2. The van der Waals surface area contributed by atoms with Gasteiger partial charge in [0.05, 0.1) is 19.3 Å². The van der Waals surface area contributed by atoms with Gasteiger partial charge in [-0.1, -0.05) is 31.5 Å². The highest BCUT2D eigenvalue weighted by molar-refractivity contribution is 6.00. The number of hydrogen-bond acceptors (Lipinski definition) is 4. The van der Waals surface area contributed by atoms with Crippen molar-refractivity contribution in [1.82, 2.24) is 10.3 Å². The molecule has 1 aromatic carbocycles. The lowest BCUT2D eigenvalue weighted by Gasteiger charge is -2.08. The van der Waals surface area contributed by atoms with Crippen molar-refractivity contribution in [3.8, 4) is 5.75 Å². The Labute approximate surface area is 153 Å². The summed E-state index contributed by atoms with van der Waals surface area (Å²) in [5.74, 6) is 0.177. The van der Waals surface area contributed by atoms with Crippen LogP contribution in [-0.2, 0) is 11.2 Å². The average molecular weight is 358 g/mol. The fourth-order valence-corrected chi connectivity index (χ4v) is 2.82. The molecule has 2 aromatic rings. The van der Waals surface area contributed by atoms with E-state index in [1.54, 1.807) is 6.92 Å². The van der Waals surface area contributed by atoms with Gasteiger partial charge < -0.3 is 19.8 Å². The van der Waals surface area contributed by atoms with Crippen LogP contribution >= 0.6 is 0 Å². The van der Waals surface area contributed by atoms with Gasteiger partial charge in [0.1, 0.15) is 11.4 Å². The number of aromatic nitrogens is 1. The van der Waals surface area contributed by atoms with E-state index in [-0.39, 0.29) is 5.91 Å². The number of aryl methyl sites for hydroxylation is 1. The van der Waals surface area contributed by atoms with Gasteiger partial charge >= 0.3 is 5.97 Å². The third kappa shape index (κ3) is 4.88. The first-order chi connectivity index (χ1) is 12.6. The van der Waals surface area contributed by atoms with Crippen molar-refractivity contribution in [2.45, 2.75) is 33.1 Å². The van der Waals surface area contributed by atoms with E-state index in [9.17, 15) is 9.59 Å². The molecule has 0 bridgehead atoms. The van der Waals surface area contributed by atoms with Gasteiger partial charge in [-0.05, 0) is 37.5 Å². The minimum absolute atomic E-state index is 0.216. The third-order valence-electron chi connectivity index (χ3n) is 4.03. The van der Waals surface area contributed by atoms with Crippen molar-refractivity contribution >= 4 is 11.9 Å². The van der Waals surface area contributed by atoms with E-state index in [1.165, 1.54) is 7.11 Å². The van der Waals surface area contributed by atoms with Gasteiger partial charge in [-0.2, -0.15) is 0 Å². The Bertz CT molecular complexity index is 738. The molecular formula is C20H26N2O4. The molecule has 1 aromatic heterocycles. The number of para-hydroxylation sites is 1. The summed E-state index contributed by atoms with van der Waals surface area (Å²) in [4.78, 5) is 27.6. The number of amides is 1. The van der Waals surface area contributed by atoms with Gasteiger partial charge in [-0.25, -0.2) is 4.79 Å². The van der Waals surface area contributed by atoms with Gasteiger partial charge in [0.25, 0.3) is 5.91 Å². The van der Waals surface area contributed by atoms with Crippen molar-refractivity contribution in [2.75, 3.05) is 20.3 Å². The minimum atomic E-state index is -0.419. The van der Waals surface area contributed by atoms with Gasteiger partial charge in [-0.15, -0.1) is 0 Å². The molecule has 6 nitrogen and oxygen atoms in total. The monoisotopic (exact) mass is 358 g/mol. The number of benzene rings is 1. The molecular weight excluding hydrogens is 332 g/mol. The van der Waals surface area contributed by atoms with E-state index in [4.69, 9.17) is 9.47 Å². The van der Waals surface area contributed by atoms with Crippen LogP contribution in [0.25, 0.3) is 0 Å². The molecule has 0 aliphatic carbocycles. The van der Waals surface area contributed by atoms with Crippen LogP contribution in [0.1, 0.15) is 51.9 Å². The topological polar surface area (TPSA) is 80.4 Å². The zero-order valence-corrected chi connectivity index (χ0v) is 15.6. The number of aromatic amines is 1. The SMILES string of the molecule is CCCc1c(C(=O)NCCCOc2ccccc2)[nH]c(C)c1C(=O)OC. The number of H-pyrrole nitrogens is 1. The highest BCUT2D eigenvalue weighted by atomic mass is 16.5. The predicted octanol–water partition coefficient (Wildman–Crippen LogP) is 3.26. The van der Waals surface area contributed by atoms with E-state index < -0.39 is 5.97 Å². The summed E-state index contributed by atoms with van der Waals surface area (Å²) in [6.07, 6.45) is 2.15. The highest BCUT2D eigenvalue weighted by Gasteiger charge is 2.24. The molecule has 140 valence electrons. The Hall–Kier alpha value is -2.76. The van der Waals surface area contributed by atoms with Crippen LogP contribution in [0.4, 0.5) is 0 Å². The Morgan fingerprint density at radius 1 is 1.19 bits per heavy atom. The van der Waals surface area contributed by atoms with Crippen molar-refractivity contribution in [3.63, 3.8) is 0 Å². The first-order valence-electron chi connectivity index (χ1n) is 8.84. The van der Waals surface area contributed by atoms with Crippen LogP contribution in [-0.4, -0.2) is 37.1 Å². The van der Waals surface area contributed by atoms with Gasteiger partial charge in [0.2, 0.25) is 0 Å². The Kier molecular flexibility index (Phi) is 7.26. The van der Waals surface area contributed by atoms with Crippen molar-refractivity contribution in [1.29, 1.82) is 0 Å². The molecule has 0 fully saturated rings. The van der Waals surface area contributed by atoms with E-state index in [2.05, 4.69) is 10.3 Å². The summed E-state index contributed by atoms with van der Waals surface area (Å²) in [6, 6.07) is 9.55. The maximum absolute atomic E-state index is 12.5. The van der Waals surface area contributed by atoms with Crippen LogP contribution in [0.3, 0.4) is 0 Å². The normalized spacial score (nSPS) is 10.4. The van der Waals surface area contributed by atoms with E-state index in [0.717, 1.165) is 17.7 Å². The van der Waals surface area contributed by atoms with Crippen molar-refractivity contribution in [2.24, 2.45) is 0 Å². The molecule has 0 radical (unpaired) electrons. The second-order valence-corrected chi connectivity index (χ2v) is 5.99. The predicted molar refractivity (Wildman–Crippen MR) is 99.8 cm³/mol. The van der Waals surface area contributed by atoms with Gasteiger partial charge in [0.15, 0.2) is 0 Å². The Morgan fingerprint density at radius 2 is 1.92 bits per heavy atom. The zero-order chi connectivity index (χ0) is 18.9. The zero-order valence-electron chi connectivity index (χ0n) is 15.6. The van der Waals surface area contributed by atoms with E-state index >= 15 is 0 Å². The molecule has 0 atom stereocenters. The van der Waals surface area contributed by atoms with E-state index in [1.807, 2.05) is 37.3 Å². The summed E-state index contributed by atoms with van der Waals surface area (Å²) in [7, 11) is 1.34. The van der Waals surface area contributed by atoms with Crippen LogP contribution in [0, 0.1) is 6.92 Å². The number of rotatable bonds is 9. The first kappa shape index (κ1) is 19.6. The second kappa shape index (κ2) is 9.65. The molecule has 1 amide bonds. The van der Waals surface area contributed by atoms with Crippen LogP contribution in [0.2, 0.25) is 0 Å². The number of methoxy groups -OCH3 is 1. The van der Waals surface area contributed by atoms with Crippen molar-refractivity contribution in [3.05, 3.63) is 52.8 Å². The Morgan fingerprint density at radius 3 is 2.58 bits per heavy atom. The lowest BCUT2D eigenvalue weighted by Crippen LogP contribution is -2.27. The standard InChI is InChI=1S/C20H26N2O4/c1-4-9-16-17(20(24)25-3)14(2)22-18(16)19(23)21-12-8-13-26-15-10-6-5-7-11-15/h5-7,10-11,22H,4,8-9,12-13H2,1-3H3,(H,21,23). The summed E-state index contributed by atoms with van der Waals surface area (Å²) in [5.41, 5.74) is 2.27. The molecule has 6 heteroatoms. The quantitative estimate of drug-likeness (QED) is 0.533. The molecule has 0 aliphatic heterocycles. The molecule has 0 aliphatic rings. The van der Waals surface area contributed by atoms with Gasteiger partial charge in [0, 0.05) is 12.2 Å². The summed E-state index contributed by atoms with van der Waals surface area (Å²) < 4.78 is 10.4. The molecule has 0 saturated heterocycles. The summed E-state index contributed by atoms with van der Waals surface area (Å²) >= 11 is 0. The Balaban J connectivity index is 1.93. The molecule has 0 saturated carbocycles. The number of ether oxygens (including phenoxy) is 2.